The lowest BCUT2D eigenvalue weighted by Crippen LogP contribution is -2.32. The summed E-state index contributed by atoms with van der Waals surface area (Å²) in [6.45, 7) is 17.8. The van der Waals surface area contributed by atoms with Crippen LogP contribution in [0.5, 0.6) is 0 Å². The van der Waals surface area contributed by atoms with E-state index in [0.717, 1.165) is 175 Å². The van der Waals surface area contributed by atoms with Crippen molar-refractivity contribution >= 4 is 6.21 Å². The highest BCUT2D eigenvalue weighted by atomic mass is 16.6. The molecule has 0 aromatic rings. The number of hydrogen-bond acceptors (Lipinski definition) is 14. The molecule has 3 aliphatic carbocycles. The van der Waals surface area contributed by atoms with Gasteiger partial charge in [0, 0.05) is 98.3 Å². The highest BCUT2D eigenvalue weighted by Gasteiger charge is 2.33. The second kappa shape index (κ2) is 47.5. The van der Waals surface area contributed by atoms with Crippen LogP contribution in [0.3, 0.4) is 0 Å². The van der Waals surface area contributed by atoms with Gasteiger partial charge in [-0.15, -0.1) is 0 Å². The Morgan fingerprint density at radius 2 is 0.792 bits per heavy atom. The molecule has 17 aliphatic rings. The quantitative estimate of drug-likeness (QED) is 0.213. The molecule has 17 rings (SSSR count). The standard InChI is InChI=1S/2C7H12O.2C6H10O.C6H12O.C5H10O2.C5H10O.2C5H8O.C4H8O.C4H6O.C3H5NO/c1-3-7-4-2-6(1)5-8-7;1-2-7-3-6(1)4-8-5-7;1-2-6-3-5(1)4-7-6;1-2-6-4-3-5(1)7-6;1-2-4-6-7-5-3-1;1-2-6-4-5-7-3-1;3*1-2-4-6-5-3-1;3*1-2-4-5-3-1/h2*6-7H,1-5H2;2*5-6H,1-4H2;1-6H2;1-5H2;1-5H2;2,4H,1,3,5H2;1-2H,3-5H2;1-4H2;1,3H,2,4H2;2H,1,3H2. The van der Waals surface area contributed by atoms with Gasteiger partial charge in [0.05, 0.1) is 76.6 Å². The third-order valence-electron chi connectivity index (χ3n) is 15.7. The molecule has 14 aliphatic heterocycles. The third kappa shape index (κ3) is 36.1. The summed E-state index contributed by atoms with van der Waals surface area (Å²) in [7, 11) is 0. The average Bonchev–Trinajstić information content (AvgIpc) is 4.39. The van der Waals surface area contributed by atoms with Crippen LogP contribution in [0.1, 0.15) is 186 Å². The Bertz CT molecular complexity index is 1190. The van der Waals surface area contributed by atoms with E-state index in [-0.39, 0.29) is 0 Å². The van der Waals surface area contributed by atoms with E-state index < -0.39 is 0 Å². The lowest BCUT2D eigenvalue weighted by atomic mass is 9.85. The summed E-state index contributed by atoms with van der Waals surface area (Å²) in [6.07, 6.45) is 54.0. The van der Waals surface area contributed by atoms with E-state index in [1.54, 1.807) is 18.7 Å². The Morgan fingerprint density at radius 1 is 0.299 bits per heavy atom. The highest BCUT2D eigenvalue weighted by Crippen LogP contribution is 2.36. The van der Waals surface area contributed by atoms with Crippen molar-refractivity contribution in [3.63, 3.8) is 0 Å². The fraction of sp³-hybridized carbons (Fsp3) is 0.889. The van der Waals surface area contributed by atoms with E-state index in [2.05, 4.69) is 16.1 Å². The molecule has 14 heterocycles. The first kappa shape index (κ1) is 65.7. The molecule has 446 valence electrons. The van der Waals surface area contributed by atoms with Crippen molar-refractivity contribution in [3.8, 4) is 0 Å². The molecule has 13 fully saturated rings. The molecule has 4 atom stereocenters. The summed E-state index contributed by atoms with van der Waals surface area (Å²) >= 11 is 0. The van der Waals surface area contributed by atoms with Crippen LogP contribution in [0.4, 0.5) is 0 Å². The molecular formula is C63H111NO13. The Labute approximate surface area is 468 Å². The second-order valence-electron chi connectivity index (χ2n) is 22.5. The first-order valence-electron chi connectivity index (χ1n) is 31.5. The minimum absolute atomic E-state index is 0.653. The Kier molecular flexibility index (Phi) is 40.5. The van der Waals surface area contributed by atoms with Crippen molar-refractivity contribution in [2.45, 2.75) is 211 Å². The minimum Gasteiger partial charge on any atom is -0.502 e. The Balaban J connectivity index is 0.000000155. The van der Waals surface area contributed by atoms with Crippen LogP contribution < -0.4 is 0 Å². The SMILES string of the molecule is C1=CCOCC1.C1=COCC1.C1=COCCC1.C1=NOCC1.C1CC2CC1CO2.C1CC2CCC1CO2.C1CC2CCC1O2.C1CC2COCC1C2.C1CCCOCC1.C1CCOC1.C1CCOCC1.C1COCCOC1. The summed E-state index contributed by atoms with van der Waals surface area (Å²) < 4.78 is 61.6. The van der Waals surface area contributed by atoms with Gasteiger partial charge >= 0.3 is 0 Å². The number of oxime groups is 1. The maximum atomic E-state index is 5.48. The first-order chi connectivity index (χ1) is 38.3. The summed E-state index contributed by atoms with van der Waals surface area (Å²) in [4.78, 5) is 4.51. The van der Waals surface area contributed by atoms with Gasteiger partial charge in [0.2, 0.25) is 0 Å². The van der Waals surface area contributed by atoms with Gasteiger partial charge in [0.15, 0.2) is 0 Å². The second-order valence-corrected chi connectivity index (χ2v) is 22.5. The van der Waals surface area contributed by atoms with Crippen LogP contribution >= 0.6 is 0 Å². The van der Waals surface area contributed by atoms with E-state index in [0.29, 0.717) is 24.4 Å². The van der Waals surface area contributed by atoms with Crippen LogP contribution in [-0.2, 0) is 61.7 Å². The maximum Gasteiger partial charge on any atom is 0.122 e. The summed E-state index contributed by atoms with van der Waals surface area (Å²) in [5.41, 5.74) is 0. The van der Waals surface area contributed by atoms with E-state index in [4.69, 9.17) is 56.8 Å². The van der Waals surface area contributed by atoms with E-state index in [9.17, 15) is 0 Å². The van der Waals surface area contributed by atoms with Gasteiger partial charge in [0.1, 0.15) is 6.61 Å². The lowest BCUT2D eigenvalue weighted by Gasteiger charge is -2.35. The predicted molar refractivity (Wildman–Crippen MR) is 305 cm³/mol. The summed E-state index contributed by atoms with van der Waals surface area (Å²) in [5.74, 6) is 3.76. The lowest BCUT2D eigenvalue weighted by molar-refractivity contribution is -0.0615. The van der Waals surface area contributed by atoms with Gasteiger partial charge in [-0.05, 0) is 196 Å². The maximum absolute atomic E-state index is 5.48. The fourth-order valence-electron chi connectivity index (χ4n) is 11.0. The molecule has 0 radical (unpaired) electrons. The summed E-state index contributed by atoms with van der Waals surface area (Å²) in [6, 6.07) is 0. The van der Waals surface area contributed by atoms with E-state index in [1.807, 2.05) is 18.2 Å². The molecule has 10 saturated heterocycles. The zero-order valence-electron chi connectivity index (χ0n) is 48.4. The van der Waals surface area contributed by atoms with E-state index >= 15 is 0 Å². The Morgan fingerprint density at radius 3 is 1.04 bits per heavy atom. The monoisotopic (exact) mass is 1090 g/mol. The Hall–Kier alpha value is -2.11. The number of ether oxygens (including phenoxy) is 12. The smallest absolute Gasteiger partial charge is 0.122 e. The fourth-order valence-corrected chi connectivity index (χ4v) is 11.0. The average molecular weight is 1090 g/mol. The number of nitrogens with zero attached hydrogens (tertiary/aromatic N) is 1. The van der Waals surface area contributed by atoms with Gasteiger partial charge in [-0.2, -0.15) is 0 Å². The minimum atomic E-state index is 0.653. The van der Waals surface area contributed by atoms with Crippen LogP contribution in [0.2, 0.25) is 0 Å². The molecule has 0 amide bonds. The van der Waals surface area contributed by atoms with Crippen molar-refractivity contribution in [3.05, 3.63) is 36.8 Å². The number of hydrogen-bond donors (Lipinski definition) is 0. The highest BCUT2D eigenvalue weighted by molar-refractivity contribution is 5.57. The van der Waals surface area contributed by atoms with Crippen molar-refractivity contribution in [2.75, 3.05) is 126 Å². The third-order valence-corrected chi connectivity index (χ3v) is 15.7. The zero-order chi connectivity index (χ0) is 53.4. The molecule has 8 bridgehead atoms. The van der Waals surface area contributed by atoms with Crippen LogP contribution in [0.25, 0.3) is 0 Å². The molecule has 14 heteroatoms. The topological polar surface area (TPSA) is 132 Å². The molecule has 0 aromatic heterocycles. The largest absolute Gasteiger partial charge is 0.502 e. The van der Waals surface area contributed by atoms with Crippen LogP contribution in [0.15, 0.2) is 42.0 Å². The molecule has 0 spiro atoms. The van der Waals surface area contributed by atoms with Crippen LogP contribution in [-0.4, -0.2) is 156 Å². The molecule has 14 nitrogen and oxygen atoms in total. The van der Waals surface area contributed by atoms with Gasteiger partial charge in [-0.25, -0.2) is 0 Å². The molecule has 77 heavy (non-hydrogen) atoms. The zero-order valence-corrected chi connectivity index (χ0v) is 48.4. The van der Waals surface area contributed by atoms with Crippen molar-refractivity contribution < 1.29 is 61.7 Å². The molecule has 0 aromatic carbocycles. The predicted octanol–water partition coefficient (Wildman–Crippen LogP) is 13.1. The molecule has 4 unspecified atom stereocenters. The van der Waals surface area contributed by atoms with Crippen molar-refractivity contribution in [1.82, 2.24) is 0 Å². The van der Waals surface area contributed by atoms with E-state index in [1.165, 1.54) is 161 Å². The van der Waals surface area contributed by atoms with Gasteiger partial charge in [-0.1, -0.05) is 30.1 Å². The van der Waals surface area contributed by atoms with Gasteiger partial charge < -0.3 is 61.7 Å². The number of allylic oxidation sites excluding steroid dienone is 1. The van der Waals surface area contributed by atoms with Gasteiger partial charge in [-0.3, -0.25) is 0 Å². The summed E-state index contributed by atoms with van der Waals surface area (Å²) in [5, 5.41) is 3.46. The van der Waals surface area contributed by atoms with Crippen LogP contribution in [0, 0.1) is 23.7 Å². The van der Waals surface area contributed by atoms with Crippen molar-refractivity contribution in [1.29, 1.82) is 0 Å². The first-order valence-corrected chi connectivity index (χ1v) is 31.5. The van der Waals surface area contributed by atoms with Gasteiger partial charge in [0.25, 0.3) is 0 Å². The molecule has 0 N–H and O–H groups in total. The number of fused-ring (bicyclic) bond motifs is 9. The molecule has 3 saturated carbocycles. The van der Waals surface area contributed by atoms with Crippen molar-refractivity contribution in [2.24, 2.45) is 28.8 Å². The molecular weight excluding hydrogens is 979 g/mol. The normalized spacial score (nSPS) is 31.6. The number of rotatable bonds is 0.